The first-order valence-electron chi connectivity index (χ1n) is 6.68. The van der Waals surface area contributed by atoms with Gasteiger partial charge in [0.05, 0.1) is 5.75 Å². The van der Waals surface area contributed by atoms with E-state index in [-0.39, 0.29) is 0 Å². The summed E-state index contributed by atoms with van der Waals surface area (Å²) < 4.78 is 5.26. The van der Waals surface area contributed by atoms with E-state index in [0.29, 0.717) is 22.6 Å². The molecule has 1 N–H and O–H groups in total. The second kappa shape index (κ2) is 6.09. The Morgan fingerprint density at radius 3 is 2.67 bits per heavy atom. The van der Waals surface area contributed by atoms with Gasteiger partial charge in [0.25, 0.3) is 0 Å². The number of aromatic amines is 1. The minimum Gasteiger partial charge on any atom is -0.338 e. The lowest BCUT2D eigenvalue weighted by molar-refractivity contribution is 0.391. The summed E-state index contributed by atoms with van der Waals surface area (Å²) in [6.45, 7) is 3.99. The van der Waals surface area contributed by atoms with Gasteiger partial charge in [0.15, 0.2) is 0 Å². The summed E-state index contributed by atoms with van der Waals surface area (Å²) >= 11 is 1.46. The van der Waals surface area contributed by atoms with E-state index in [9.17, 15) is 0 Å². The Kier molecular flexibility index (Phi) is 4.01. The first kappa shape index (κ1) is 13.8. The zero-order valence-corrected chi connectivity index (χ0v) is 12.6. The fourth-order valence-corrected chi connectivity index (χ4v) is 2.51. The summed E-state index contributed by atoms with van der Waals surface area (Å²) in [5.41, 5.74) is 2.25. The molecule has 0 saturated heterocycles. The summed E-state index contributed by atoms with van der Waals surface area (Å²) in [5.74, 6) is 2.52. The van der Waals surface area contributed by atoms with Crippen molar-refractivity contribution in [1.82, 2.24) is 25.3 Å². The third-order valence-electron chi connectivity index (χ3n) is 2.99. The molecule has 0 aliphatic rings. The van der Waals surface area contributed by atoms with Gasteiger partial charge in [-0.15, -0.1) is 5.10 Å². The molecule has 7 heteroatoms. The summed E-state index contributed by atoms with van der Waals surface area (Å²) in [4.78, 5) is 8.61. The van der Waals surface area contributed by atoms with Gasteiger partial charge < -0.3 is 4.52 Å². The third-order valence-corrected chi connectivity index (χ3v) is 3.82. The van der Waals surface area contributed by atoms with Crippen LogP contribution in [0.4, 0.5) is 0 Å². The molecule has 0 aliphatic heterocycles. The number of benzene rings is 1. The average molecular weight is 301 g/mol. The van der Waals surface area contributed by atoms with Crippen molar-refractivity contribution in [2.75, 3.05) is 0 Å². The van der Waals surface area contributed by atoms with Crippen LogP contribution in [0, 0.1) is 6.92 Å². The molecule has 0 amide bonds. The van der Waals surface area contributed by atoms with E-state index in [2.05, 4.69) is 44.4 Å². The van der Waals surface area contributed by atoms with Crippen molar-refractivity contribution in [3.8, 4) is 11.4 Å². The lowest BCUT2D eigenvalue weighted by Gasteiger charge is -1.97. The van der Waals surface area contributed by atoms with Crippen molar-refractivity contribution in [3.05, 3.63) is 41.5 Å². The molecule has 21 heavy (non-hydrogen) atoms. The van der Waals surface area contributed by atoms with Gasteiger partial charge in [-0.3, -0.25) is 5.10 Å². The number of hydrogen-bond acceptors (Lipinski definition) is 6. The first-order valence-corrected chi connectivity index (χ1v) is 7.67. The zero-order valence-electron chi connectivity index (χ0n) is 11.8. The van der Waals surface area contributed by atoms with Gasteiger partial charge >= 0.3 is 0 Å². The van der Waals surface area contributed by atoms with Crippen LogP contribution in [0.25, 0.3) is 11.4 Å². The van der Waals surface area contributed by atoms with Crippen LogP contribution in [-0.2, 0) is 12.2 Å². The Morgan fingerprint density at radius 2 is 2.00 bits per heavy atom. The molecule has 2 heterocycles. The van der Waals surface area contributed by atoms with Gasteiger partial charge in [-0.1, -0.05) is 48.1 Å². The molecule has 0 radical (unpaired) electrons. The van der Waals surface area contributed by atoms with Crippen LogP contribution in [-0.4, -0.2) is 25.3 Å². The predicted molar refractivity (Wildman–Crippen MR) is 79.8 cm³/mol. The molecule has 0 fully saturated rings. The Labute approximate surface area is 126 Å². The molecule has 0 unspecified atom stereocenters. The standard InChI is InChI=1S/C14H15N5OS/c1-3-10-4-6-11(7-5-10)13-16-12(20-19-13)8-21-14-15-9(2)17-18-14/h4-7H,3,8H2,1-2H3,(H,15,17,18). The van der Waals surface area contributed by atoms with E-state index in [0.717, 1.165) is 17.8 Å². The molecule has 3 aromatic rings. The van der Waals surface area contributed by atoms with Gasteiger partial charge in [0.1, 0.15) is 5.82 Å². The van der Waals surface area contributed by atoms with Crippen LogP contribution in [0.5, 0.6) is 0 Å². The molecule has 3 rings (SSSR count). The van der Waals surface area contributed by atoms with E-state index in [4.69, 9.17) is 4.52 Å². The molecule has 0 spiro atoms. The normalized spacial score (nSPS) is 11.0. The first-order chi connectivity index (χ1) is 10.2. The van der Waals surface area contributed by atoms with Gasteiger partial charge in [-0.2, -0.15) is 4.98 Å². The molecule has 0 bridgehead atoms. The van der Waals surface area contributed by atoms with Crippen molar-refractivity contribution in [1.29, 1.82) is 0 Å². The third kappa shape index (κ3) is 3.30. The second-order valence-electron chi connectivity index (χ2n) is 4.55. The maximum Gasteiger partial charge on any atom is 0.237 e. The van der Waals surface area contributed by atoms with Crippen molar-refractivity contribution in [2.24, 2.45) is 0 Å². The summed E-state index contributed by atoms with van der Waals surface area (Å²) in [7, 11) is 0. The van der Waals surface area contributed by atoms with Crippen LogP contribution in [0.15, 0.2) is 33.9 Å². The van der Waals surface area contributed by atoms with E-state index >= 15 is 0 Å². The summed E-state index contributed by atoms with van der Waals surface area (Å²) in [5, 5.41) is 11.5. The lowest BCUT2D eigenvalue weighted by atomic mass is 10.1. The van der Waals surface area contributed by atoms with Crippen molar-refractivity contribution < 1.29 is 4.52 Å². The lowest BCUT2D eigenvalue weighted by Crippen LogP contribution is -1.85. The Bertz CT molecular complexity index is 719. The van der Waals surface area contributed by atoms with Crippen LogP contribution in [0.1, 0.15) is 24.2 Å². The van der Waals surface area contributed by atoms with E-state index < -0.39 is 0 Å². The number of nitrogens with zero attached hydrogens (tertiary/aromatic N) is 4. The van der Waals surface area contributed by atoms with Gasteiger partial charge in [-0.05, 0) is 18.9 Å². The predicted octanol–water partition coefficient (Wildman–Crippen LogP) is 3.02. The van der Waals surface area contributed by atoms with Crippen molar-refractivity contribution in [2.45, 2.75) is 31.2 Å². The van der Waals surface area contributed by atoms with Gasteiger partial charge in [0, 0.05) is 5.56 Å². The molecule has 1 aromatic carbocycles. The van der Waals surface area contributed by atoms with Crippen molar-refractivity contribution >= 4 is 11.8 Å². The molecular formula is C14H15N5OS. The number of aryl methyl sites for hydroxylation is 2. The van der Waals surface area contributed by atoms with E-state index in [1.807, 2.05) is 19.1 Å². The summed E-state index contributed by atoms with van der Waals surface area (Å²) in [6, 6.07) is 8.19. The van der Waals surface area contributed by atoms with Gasteiger partial charge in [-0.25, -0.2) is 4.98 Å². The Hall–Kier alpha value is -2.15. The highest BCUT2D eigenvalue weighted by atomic mass is 32.2. The Balaban J connectivity index is 1.67. The molecule has 2 aromatic heterocycles. The quantitative estimate of drug-likeness (QED) is 0.730. The monoisotopic (exact) mass is 301 g/mol. The van der Waals surface area contributed by atoms with Crippen LogP contribution in [0.3, 0.4) is 0 Å². The second-order valence-corrected chi connectivity index (χ2v) is 5.50. The highest BCUT2D eigenvalue weighted by Gasteiger charge is 2.10. The van der Waals surface area contributed by atoms with Crippen LogP contribution in [0.2, 0.25) is 0 Å². The molecule has 108 valence electrons. The van der Waals surface area contributed by atoms with Crippen molar-refractivity contribution in [3.63, 3.8) is 0 Å². The molecule has 6 nitrogen and oxygen atoms in total. The SMILES string of the molecule is CCc1ccc(-c2noc(CSc3n[nH]c(C)n3)n2)cc1. The van der Waals surface area contributed by atoms with E-state index in [1.54, 1.807) is 0 Å². The number of rotatable bonds is 5. The highest BCUT2D eigenvalue weighted by molar-refractivity contribution is 7.98. The smallest absolute Gasteiger partial charge is 0.237 e. The largest absolute Gasteiger partial charge is 0.338 e. The zero-order chi connectivity index (χ0) is 14.7. The Morgan fingerprint density at radius 1 is 1.19 bits per heavy atom. The maximum absolute atomic E-state index is 5.26. The maximum atomic E-state index is 5.26. The fourth-order valence-electron chi connectivity index (χ4n) is 1.83. The molecular weight excluding hydrogens is 286 g/mol. The molecule has 0 aliphatic carbocycles. The average Bonchev–Trinajstić information content (AvgIpc) is 3.14. The topological polar surface area (TPSA) is 80.5 Å². The number of thioether (sulfide) groups is 1. The number of aromatic nitrogens is 5. The highest BCUT2D eigenvalue weighted by Crippen LogP contribution is 2.21. The fraction of sp³-hybridized carbons (Fsp3) is 0.286. The number of hydrogen-bond donors (Lipinski definition) is 1. The summed E-state index contributed by atoms with van der Waals surface area (Å²) in [6.07, 6.45) is 1.02. The van der Waals surface area contributed by atoms with E-state index in [1.165, 1.54) is 17.3 Å². The van der Waals surface area contributed by atoms with Crippen LogP contribution < -0.4 is 0 Å². The number of nitrogens with one attached hydrogen (secondary N) is 1. The minimum atomic E-state index is 0.553. The van der Waals surface area contributed by atoms with Crippen LogP contribution >= 0.6 is 11.8 Å². The van der Waals surface area contributed by atoms with Gasteiger partial charge in [0.2, 0.25) is 16.9 Å². The number of H-pyrrole nitrogens is 1. The minimum absolute atomic E-state index is 0.553. The molecule has 0 atom stereocenters. The molecule has 0 saturated carbocycles.